The van der Waals surface area contributed by atoms with Gasteiger partial charge in [-0.05, 0) is 43.4 Å². The molecule has 1 heterocycles. The van der Waals surface area contributed by atoms with Crippen molar-refractivity contribution in [3.8, 4) is 0 Å². The van der Waals surface area contributed by atoms with Gasteiger partial charge in [0, 0.05) is 18.9 Å². The molecule has 0 unspecified atom stereocenters. The molecule has 9 heteroatoms. The summed E-state index contributed by atoms with van der Waals surface area (Å²) in [4.78, 5) is 42.4. The number of hydrogen-bond acceptors (Lipinski definition) is 6. The number of nitrogens with two attached hydrogens (primary N) is 1. The molecule has 1 aliphatic rings. The maximum absolute atomic E-state index is 15.3. The molecule has 3 aromatic carbocycles. The van der Waals surface area contributed by atoms with Gasteiger partial charge >= 0.3 is 5.97 Å². The first-order chi connectivity index (χ1) is 19.7. The van der Waals surface area contributed by atoms with Crippen LogP contribution in [-0.4, -0.2) is 52.0 Å². The van der Waals surface area contributed by atoms with Gasteiger partial charge in [-0.2, -0.15) is 0 Å². The lowest BCUT2D eigenvalue weighted by atomic mass is 10.1. The third kappa shape index (κ3) is 7.51. The molecule has 4 rings (SSSR count). The molecule has 0 bridgehead atoms. The fraction of sp³-hybridized carbons (Fsp3) is 0.344. The number of rotatable bonds is 11. The number of benzene rings is 3. The summed E-state index contributed by atoms with van der Waals surface area (Å²) in [6.45, 7) is 3.53. The Balaban J connectivity index is 1.74. The Labute approximate surface area is 241 Å². The zero-order valence-electron chi connectivity index (χ0n) is 23.6. The van der Waals surface area contributed by atoms with Gasteiger partial charge in [-0.1, -0.05) is 91.0 Å². The topological polar surface area (TPSA) is 110 Å². The number of amides is 2. The van der Waals surface area contributed by atoms with Crippen molar-refractivity contribution in [1.82, 2.24) is 9.57 Å². The Hall–Kier alpha value is -3.74. The van der Waals surface area contributed by atoms with E-state index in [2.05, 4.69) is 0 Å². The van der Waals surface area contributed by atoms with E-state index in [4.69, 9.17) is 10.5 Å². The molecular weight excluding hydrogens is 537 g/mol. The Morgan fingerprint density at radius 2 is 1.37 bits per heavy atom. The minimum absolute atomic E-state index is 0.0203. The summed E-state index contributed by atoms with van der Waals surface area (Å²) in [5.41, 5.74) is 8.26. The van der Waals surface area contributed by atoms with Gasteiger partial charge in [0.2, 0.25) is 5.91 Å². The van der Waals surface area contributed by atoms with Crippen LogP contribution >= 0.6 is 7.29 Å². The summed E-state index contributed by atoms with van der Waals surface area (Å²) in [6, 6.07) is 25.0. The molecule has 3 atom stereocenters. The lowest BCUT2D eigenvalue weighted by Crippen LogP contribution is -2.53. The Kier molecular flexibility index (Phi) is 10.1. The summed E-state index contributed by atoms with van der Waals surface area (Å²) >= 11 is 0. The van der Waals surface area contributed by atoms with Crippen LogP contribution in [0.25, 0.3) is 0 Å². The lowest BCUT2D eigenvalue weighted by molar-refractivity contribution is -0.154. The molecule has 0 saturated carbocycles. The fourth-order valence-electron chi connectivity index (χ4n) is 5.28. The molecule has 1 aliphatic heterocycles. The largest absolute Gasteiger partial charge is 0.459 e. The van der Waals surface area contributed by atoms with E-state index < -0.39 is 37.3 Å². The Morgan fingerprint density at radius 3 is 1.85 bits per heavy atom. The predicted molar refractivity (Wildman–Crippen MR) is 159 cm³/mol. The van der Waals surface area contributed by atoms with E-state index in [1.807, 2.05) is 91.0 Å². The van der Waals surface area contributed by atoms with E-state index in [9.17, 15) is 14.4 Å². The van der Waals surface area contributed by atoms with Crippen molar-refractivity contribution in [3.05, 3.63) is 108 Å². The van der Waals surface area contributed by atoms with E-state index in [-0.39, 0.29) is 24.8 Å². The summed E-state index contributed by atoms with van der Waals surface area (Å²) in [5, 5.41) is 0. The molecular formula is C32H38N3O5P. The number of carbonyl (C=O) groups is 3. The molecule has 0 radical (unpaired) electrons. The quantitative estimate of drug-likeness (QED) is 0.256. The Morgan fingerprint density at radius 1 is 0.878 bits per heavy atom. The molecule has 0 spiro atoms. The van der Waals surface area contributed by atoms with Crippen LogP contribution in [0.2, 0.25) is 0 Å². The van der Waals surface area contributed by atoms with Gasteiger partial charge in [-0.15, -0.1) is 0 Å². The second-order valence-corrected chi connectivity index (χ2v) is 13.3. The molecule has 41 heavy (non-hydrogen) atoms. The Bertz CT molecular complexity index is 1320. The van der Waals surface area contributed by atoms with Crippen LogP contribution in [0.3, 0.4) is 0 Å². The predicted octanol–water partition coefficient (Wildman–Crippen LogP) is 4.96. The average molecular weight is 576 g/mol. The van der Waals surface area contributed by atoms with Crippen LogP contribution in [0.1, 0.15) is 43.4 Å². The minimum atomic E-state index is -3.65. The first-order valence-corrected chi connectivity index (χ1v) is 16.0. The highest BCUT2D eigenvalue weighted by molar-refractivity contribution is 7.60. The highest BCUT2D eigenvalue weighted by Gasteiger charge is 2.47. The molecule has 3 aromatic rings. The van der Waals surface area contributed by atoms with Crippen molar-refractivity contribution in [2.45, 2.75) is 63.7 Å². The summed E-state index contributed by atoms with van der Waals surface area (Å²) in [5.74, 6) is -1.52. The number of likely N-dealkylation sites (tertiary alicyclic amines) is 1. The van der Waals surface area contributed by atoms with Crippen molar-refractivity contribution in [3.63, 3.8) is 0 Å². The number of hydrogen-bond donors (Lipinski definition) is 1. The van der Waals surface area contributed by atoms with Gasteiger partial charge in [-0.3, -0.25) is 18.8 Å². The lowest BCUT2D eigenvalue weighted by Gasteiger charge is -2.39. The smallest absolute Gasteiger partial charge is 0.329 e. The van der Waals surface area contributed by atoms with Crippen molar-refractivity contribution in [2.75, 3.05) is 6.54 Å². The zero-order valence-corrected chi connectivity index (χ0v) is 24.5. The van der Waals surface area contributed by atoms with Gasteiger partial charge in [-0.25, -0.2) is 4.79 Å². The number of ether oxygens (including phenoxy) is 1. The highest BCUT2D eigenvalue weighted by atomic mass is 31.2. The third-order valence-corrected chi connectivity index (χ3v) is 10.4. The number of nitrogens with zero attached hydrogens (tertiary/aromatic N) is 2. The fourth-order valence-corrected chi connectivity index (χ4v) is 8.48. The van der Waals surface area contributed by atoms with Crippen LogP contribution < -0.4 is 5.73 Å². The van der Waals surface area contributed by atoms with Gasteiger partial charge in [0.25, 0.3) is 5.91 Å². The minimum Gasteiger partial charge on any atom is -0.459 e. The van der Waals surface area contributed by atoms with Crippen molar-refractivity contribution < 1.29 is 23.7 Å². The summed E-state index contributed by atoms with van der Waals surface area (Å²) in [6.07, 6.45) is 1.14. The molecule has 2 amide bonds. The first-order valence-electron chi connectivity index (χ1n) is 14.0. The average Bonchev–Trinajstić information content (AvgIpc) is 3.47. The molecule has 1 fully saturated rings. The molecule has 2 N–H and O–H groups in total. The molecule has 8 nitrogen and oxygen atoms in total. The van der Waals surface area contributed by atoms with Gasteiger partial charge in [0.15, 0.2) is 7.29 Å². The van der Waals surface area contributed by atoms with Gasteiger partial charge < -0.3 is 15.4 Å². The zero-order chi connectivity index (χ0) is 29.4. The second-order valence-electron chi connectivity index (χ2n) is 10.6. The van der Waals surface area contributed by atoms with E-state index >= 15 is 4.57 Å². The van der Waals surface area contributed by atoms with Gasteiger partial charge in [0.1, 0.15) is 18.7 Å². The molecule has 0 aliphatic carbocycles. The van der Waals surface area contributed by atoms with Gasteiger partial charge in [0.05, 0.1) is 6.04 Å². The standard InChI is InChI=1S/C32H38N3O5P/c1-24(33)30(36)34-20-12-19-29(34)31(37)35(25(2)32(38)40-21-26-13-6-3-7-14-26)41(39,22-27-15-8-4-9-16-27)23-28-17-10-5-11-18-28/h3-11,13-18,24-25,29H,12,19-23,33H2,1-2H3/t24-,25-,29-/m0/s1. The SMILES string of the molecule is C[C@H](N)C(=O)N1CCC[C@H]1C(=O)N([C@@H](C)C(=O)OCc1ccccc1)P(=O)(Cc1ccccc1)Cc1ccccc1. The first kappa shape index (κ1) is 30.2. The monoisotopic (exact) mass is 575 g/mol. The van der Waals surface area contributed by atoms with E-state index in [0.717, 1.165) is 16.7 Å². The van der Waals surface area contributed by atoms with Crippen LogP contribution in [-0.2, 0) is 42.6 Å². The second kappa shape index (κ2) is 13.7. The normalized spacial score (nSPS) is 16.6. The van der Waals surface area contributed by atoms with E-state index in [1.165, 1.54) is 9.57 Å². The summed E-state index contributed by atoms with van der Waals surface area (Å²) < 4.78 is 22.1. The van der Waals surface area contributed by atoms with E-state index in [1.54, 1.807) is 13.8 Å². The van der Waals surface area contributed by atoms with Crippen LogP contribution in [0.4, 0.5) is 0 Å². The van der Waals surface area contributed by atoms with Crippen molar-refractivity contribution >= 4 is 25.1 Å². The highest BCUT2D eigenvalue weighted by Crippen LogP contribution is 2.57. The van der Waals surface area contributed by atoms with E-state index in [0.29, 0.717) is 19.4 Å². The molecule has 1 saturated heterocycles. The van der Waals surface area contributed by atoms with Crippen LogP contribution in [0.15, 0.2) is 91.0 Å². The van der Waals surface area contributed by atoms with Crippen LogP contribution in [0, 0.1) is 0 Å². The number of esters is 1. The maximum atomic E-state index is 15.3. The number of carbonyl (C=O) groups excluding carboxylic acids is 3. The summed E-state index contributed by atoms with van der Waals surface area (Å²) in [7, 11) is -3.65. The third-order valence-electron chi connectivity index (χ3n) is 7.31. The molecule has 216 valence electrons. The molecule has 0 aromatic heterocycles. The van der Waals surface area contributed by atoms with Crippen molar-refractivity contribution in [2.24, 2.45) is 5.73 Å². The van der Waals surface area contributed by atoms with Crippen LogP contribution in [0.5, 0.6) is 0 Å². The van der Waals surface area contributed by atoms with Crippen molar-refractivity contribution in [1.29, 1.82) is 0 Å². The maximum Gasteiger partial charge on any atom is 0.329 e.